The van der Waals surface area contributed by atoms with Crippen molar-refractivity contribution in [3.8, 4) is 5.75 Å². The van der Waals surface area contributed by atoms with Crippen LogP contribution in [0.3, 0.4) is 0 Å². The molecule has 0 radical (unpaired) electrons. The van der Waals surface area contributed by atoms with E-state index in [0.29, 0.717) is 41.1 Å². The van der Waals surface area contributed by atoms with E-state index in [0.717, 1.165) is 16.7 Å². The van der Waals surface area contributed by atoms with E-state index in [1.807, 2.05) is 31.3 Å². The lowest BCUT2D eigenvalue weighted by molar-refractivity contribution is 0.0994. The Hall–Kier alpha value is -3.64. The standard InChI is InChI=1S/C26H23ClN4O2/c1-16-8-10-22(19-7-5-4-6-18(16)19)33-13-12-17-14-20-24(28-15-17)31(3)25-21(30(2)26(20)32)9-11-23(27)29-25/h4-11,14-15H,12-13H2,1-3H3. The molecule has 2 aromatic heterocycles. The van der Waals surface area contributed by atoms with Gasteiger partial charge >= 0.3 is 0 Å². The summed E-state index contributed by atoms with van der Waals surface area (Å²) in [6.45, 7) is 2.57. The Morgan fingerprint density at radius 1 is 0.970 bits per heavy atom. The van der Waals surface area contributed by atoms with Gasteiger partial charge in [-0.05, 0) is 47.7 Å². The van der Waals surface area contributed by atoms with Crippen molar-refractivity contribution >= 4 is 45.6 Å². The van der Waals surface area contributed by atoms with Crippen LogP contribution in [-0.4, -0.2) is 36.6 Å². The second-order valence-electron chi connectivity index (χ2n) is 8.14. The highest BCUT2D eigenvalue weighted by atomic mass is 35.5. The number of ether oxygens (including phenoxy) is 1. The maximum absolute atomic E-state index is 13.2. The number of hydrogen-bond donors (Lipinski definition) is 0. The summed E-state index contributed by atoms with van der Waals surface area (Å²) in [4.78, 5) is 25.6. The summed E-state index contributed by atoms with van der Waals surface area (Å²) in [5.41, 5.74) is 3.35. The minimum Gasteiger partial charge on any atom is -0.493 e. The van der Waals surface area contributed by atoms with Crippen LogP contribution < -0.4 is 14.5 Å². The summed E-state index contributed by atoms with van der Waals surface area (Å²) >= 11 is 6.11. The number of anilines is 3. The van der Waals surface area contributed by atoms with Crippen LogP contribution >= 0.6 is 11.6 Å². The van der Waals surface area contributed by atoms with Crippen molar-refractivity contribution in [3.05, 3.63) is 82.6 Å². The number of fused-ring (bicyclic) bond motifs is 3. The molecule has 0 aliphatic carbocycles. The van der Waals surface area contributed by atoms with Crippen LogP contribution in [-0.2, 0) is 6.42 Å². The number of pyridine rings is 2. The quantitative estimate of drug-likeness (QED) is 0.374. The molecule has 3 heterocycles. The second-order valence-corrected chi connectivity index (χ2v) is 8.53. The molecule has 0 fully saturated rings. The van der Waals surface area contributed by atoms with E-state index in [1.54, 1.807) is 35.2 Å². The molecule has 1 aliphatic rings. The van der Waals surface area contributed by atoms with Gasteiger partial charge in [-0.25, -0.2) is 9.97 Å². The van der Waals surface area contributed by atoms with E-state index in [9.17, 15) is 4.79 Å². The predicted molar refractivity (Wildman–Crippen MR) is 132 cm³/mol. The summed E-state index contributed by atoms with van der Waals surface area (Å²) in [5, 5.41) is 2.65. The number of rotatable bonds is 4. The Labute approximate surface area is 197 Å². The van der Waals surface area contributed by atoms with Crippen molar-refractivity contribution in [3.63, 3.8) is 0 Å². The molecule has 7 heteroatoms. The zero-order valence-electron chi connectivity index (χ0n) is 18.7. The van der Waals surface area contributed by atoms with Gasteiger partial charge in [0.05, 0.1) is 17.9 Å². The Balaban J connectivity index is 1.40. The van der Waals surface area contributed by atoms with Gasteiger partial charge < -0.3 is 14.5 Å². The summed E-state index contributed by atoms with van der Waals surface area (Å²) in [6, 6.07) is 17.7. The number of carbonyl (C=O) groups excluding carboxylic acids is 1. The fourth-order valence-corrected chi connectivity index (χ4v) is 4.35. The van der Waals surface area contributed by atoms with Crippen LogP contribution in [0.15, 0.2) is 60.8 Å². The maximum atomic E-state index is 13.2. The normalized spacial score (nSPS) is 13.0. The molecule has 0 saturated carbocycles. The molecule has 0 unspecified atom stereocenters. The molecule has 0 bridgehead atoms. The van der Waals surface area contributed by atoms with Gasteiger partial charge in [0.2, 0.25) is 0 Å². The fraction of sp³-hybridized carbons (Fsp3) is 0.192. The minimum absolute atomic E-state index is 0.139. The van der Waals surface area contributed by atoms with E-state index in [4.69, 9.17) is 16.3 Å². The van der Waals surface area contributed by atoms with Crippen molar-refractivity contribution < 1.29 is 9.53 Å². The summed E-state index contributed by atoms with van der Waals surface area (Å²) in [7, 11) is 3.57. The van der Waals surface area contributed by atoms with Crippen molar-refractivity contribution in [2.45, 2.75) is 13.3 Å². The summed E-state index contributed by atoms with van der Waals surface area (Å²) in [6.07, 6.45) is 2.41. The second kappa shape index (κ2) is 8.37. The molecular formula is C26H23ClN4O2. The van der Waals surface area contributed by atoms with Gasteiger partial charge in [-0.15, -0.1) is 0 Å². The number of amides is 1. The van der Waals surface area contributed by atoms with Crippen LogP contribution in [0.4, 0.5) is 17.3 Å². The lowest BCUT2D eigenvalue weighted by atomic mass is 10.0. The molecule has 0 N–H and O–H groups in total. The molecule has 0 atom stereocenters. The van der Waals surface area contributed by atoms with E-state index in [-0.39, 0.29) is 5.91 Å². The molecule has 0 spiro atoms. The van der Waals surface area contributed by atoms with Crippen molar-refractivity contribution in [2.24, 2.45) is 0 Å². The van der Waals surface area contributed by atoms with Gasteiger partial charge in [0.1, 0.15) is 16.7 Å². The SMILES string of the molecule is Cc1ccc(OCCc2cnc3c(c2)C(=O)N(C)c2ccc(Cl)nc2N3C)c2ccccc12. The number of halogens is 1. The molecular weight excluding hydrogens is 436 g/mol. The molecule has 166 valence electrons. The zero-order chi connectivity index (χ0) is 23.1. The van der Waals surface area contributed by atoms with Crippen LogP contribution in [0.1, 0.15) is 21.5 Å². The first-order valence-corrected chi connectivity index (χ1v) is 11.1. The summed E-state index contributed by atoms with van der Waals surface area (Å²) < 4.78 is 6.12. The number of aryl methyl sites for hydroxylation is 1. The van der Waals surface area contributed by atoms with Gasteiger partial charge in [0.15, 0.2) is 5.82 Å². The molecule has 4 aromatic rings. The Morgan fingerprint density at radius 3 is 2.58 bits per heavy atom. The zero-order valence-corrected chi connectivity index (χ0v) is 19.4. The van der Waals surface area contributed by atoms with Crippen molar-refractivity contribution in [1.82, 2.24) is 9.97 Å². The van der Waals surface area contributed by atoms with Crippen molar-refractivity contribution in [1.29, 1.82) is 0 Å². The molecule has 1 amide bonds. The molecule has 1 aliphatic heterocycles. The van der Waals surface area contributed by atoms with E-state index < -0.39 is 0 Å². The monoisotopic (exact) mass is 458 g/mol. The number of carbonyl (C=O) groups is 1. The number of benzene rings is 2. The number of aromatic nitrogens is 2. The largest absolute Gasteiger partial charge is 0.493 e. The predicted octanol–water partition coefficient (Wildman–Crippen LogP) is 5.57. The third-order valence-electron chi connectivity index (χ3n) is 6.03. The maximum Gasteiger partial charge on any atom is 0.261 e. The summed E-state index contributed by atoms with van der Waals surface area (Å²) in [5.74, 6) is 1.86. The Morgan fingerprint density at radius 2 is 1.76 bits per heavy atom. The van der Waals surface area contributed by atoms with Gasteiger partial charge in [-0.1, -0.05) is 41.9 Å². The number of nitrogens with zero attached hydrogens (tertiary/aromatic N) is 4. The van der Waals surface area contributed by atoms with Crippen LogP contribution in [0.2, 0.25) is 5.15 Å². The average Bonchev–Trinajstić information content (AvgIpc) is 2.90. The Kier molecular flexibility index (Phi) is 5.38. The van der Waals surface area contributed by atoms with Crippen LogP contribution in [0.25, 0.3) is 10.8 Å². The molecule has 6 nitrogen and oxygen atoms in total. The fourth-order valence-electron chi connectivity index (χ4n) is 4.21. The average molecular weight is 459 g/mol. The molecule has 2 aromatic carbocycles. The van der Waals surface area contributed by atoms with E-state index in [2.05, 4.69) is 35.1 Å². The third kappa shape index (κ3) is 3.76. The van der Waals surface area contributed by atoms with Gasteiger partial charge in [-0.2, -0.15) is 0 Å². The van der Waals surface area contributed by atoms with E-state index >= 15 is 0 Å². The molecule has 5 rings (SSSR count). The van der Waals surface area contributed by atoms with Gasteiger partial charge in [0.25, 0.3) is 5.91 Å². The Bertz CT molecular complexity index is 1390. The molecule has 0 saturated heterocycles. The van der Waals surface area contributed by atoms with Gasteiger partial charge in [-0.3, -0.25) is 4.79 Å². The van der Waals surface area contributed by atoms with E-state index in [1.165, 1.54) is 10.9 Å². The highest BCUT2D eigenvalue weighted by molar-refractivity contribution is 6.29. The number of hydrogen-bond acceptors (Lipinski definition) is 5. The molecule has 33 heavy (non-hydrogen) atoms. The third-order valence-corrected chi connectivity index (χ3v) is 6.24. The first kappa shape index (κ1) is 21.2. The highest BCUT2D eigenvalue weighted by Crippen LogP contribution is 2.37. The lowest BCUT2D eigenvalue weighted by Gasteiger charge is -2.20. The van der Waals surface area contributed by atoms with Crippen molar-refractivity contribution in [2.75, 3.05) is 30.5 Å². The topological polar surface area (TPSA) is 58.6 Å². The lowest BCUT2D eigenvalue weighted by Crippen LogP contribution is -2.25. The first-order valence-electron chi connectivity index (χ1n) is 10.7. The smallest absolute Gasteiger partial charge is 0.261 e. The van der Waals surface area contributed by atoms with Gasteiger partial charge in [0, 0.05) is 32.1 Å². The minimum atomic E-state index is -0.139. The van der Waals surface area contributed by atoms with Crippen LogP contribution in [0, 0.1) is 6.92 Å². The van der Waals surface area contributed by atoms with Crippen LogP contribution in [0.5, 0.6) is 5.75 Å². The highest BCUT2D eigenvalue weighted by Gasteiger charge is 2.29. The first-order chi connectivity index (χ1) is 15.9.